The number of aliphatic carboxylic acids is 1. The number of amides is 1. The number of nitrogens with one attached hydrogen (secondary N) is 1. The van der Waals surface area contributed by atoms with Gasteiger partial charge in [-0.25, -0.2) is 0 Å². The lowest BCUT2D eigenvalue weighted by atomic mass is 9.43. The van der Waals surface area contributed by atoms with Gasteiger partial charge in [-0.1, -0.05) is 26.8 Å². The first-order chi connectivity index (χ1) is 29.8. The minimum Gasteiger partial charge on any atom is -0.550 e. The van der Waals surface area contributed by atoms with Crippen LogP contribution < -0.4 is 24.4 Å². The third-order valence-electron chi connectivity index (χ3n) is 19.3. The average molecular weight is 867 g/mol. The number of hydrogen-bond acceptors (Lipinski definition) is 11. The van der Waals surface area contributed by atoms with Crippen molar-refractivity contribution in [3.05, 3.63) is 29.3 Å². The van der Waals surface area contributed by atoms with Crippen molar-refractivity contribution in [2.75, 3.05) is 53.0 Å². The quantitative estimate of drug-likeness (QED) is 0.229. The Bertz CT molecular complexity index is 1880. The predicted octanol–water partition coefficient (Wildman–Crippen LogP) is 2.02. The van der Waals surface area contributed by atoms with Crippen LogP contribution in [0.4, 0.5) is 5.69 Å². The van der Waals surface area contributed by atoms with Crippen molar-refractivity contribution < 1.29 is 59.3 Å². The molecule has 5 heterocycles. The van der Waals surface area contributed by atoms with Gasteiger partial charge >= 0.3 is 0 Å². The number of carbonyl (C=O) groups excluding carboxylic acids is 2. The van der Waals surface area contributed by atoms with Crippen LogP contribution in [0.1, 0.15) is 103 Å². The summed E-state index contributed by atoms with van der Waals surface area (Å²) in [5.41, 5.74) is 3.79. The molecule has 1 unspecified atom stereocenters. The van der Waals surface area contributed by atoms with Gasteiger partial charge in [0.05, 0.1) is 81.9 Å². The summed E-state index contributed by atoms with van der Waals surface area (Å²) in [5.74, 6) is 3.27. The van der Waals surface area contributed by atoms with Crippen molar-refractivity contribution in [2.45, 2.75) is 140 Å². The molecule has 5 saturated carbocycles. The zero-order chi connectivity index (χ0) is 44.6. The fourth-order valence-electron chi connectivity index (χ4n) is 16.8. The van der Waals surface area contributed by atoms with Crippen LogP contribution in [0.25, 0.3) is 0 Å². The summed E-state index contributed by atoms with van der Waals surface area (Å²) in [6.07, 6.45) is 10.9. The van der Waals surface area contributed by atoms with Crippen molar-refractivity contribution in [1.82, 2.24) is 0 Å². The zero-order valence-corrected chi connectivity index (χ0v) is 38.1. The van der Waals surface area contributed by atoms with Gasteiger partial charge in [-0.3, -0.25) is 4.79 Å². The molecule has 18 atom stereocenters. The largest absolute Gasteiger partial charge is 0.550 e. The summed E-state index contributed by atoms with van der Waals surface area (Å²) in [6, 6.07) is 5.00. The molecule has 1 amide bonds. The lowest BCUT2D eigenvalue weighted by Crippen LogP contribution is -3.16. The van der Waals surface area contributed by atoms with Crippen molar-refractivity contribution in [2.24, 2.45) is 58.2 Å². The number of rotatable bonds is 6. The van der Waals surface area contributed by atoms with E-state index in [1.165, 1.54) is 18.5 Å². The Morgan fingerprint density at radius 1 is 0.968 bits per heavy atom. The molecule has 8 fully saturated rings. The Balaban J connectivity index is 0.000000158. The first-order valence-corrected chi connectivity index (χ1v) is 23.6. The van der Waals surface area contributed by atoms with Gasteiger partial charge in [0.15, 0.2) is 11.5 Å². The van der Waals surface area contributed by atoms with Gasteiger partial charge in [-0.15, -0.1) is 0 Å². The average Bonchev–Trinajstić information content (AvgIpc) is 3.89. The van der Waals surface area contributed by atoms with E-state index in [1.807, 2.05) is 0 Å². The lowest BCUT2D eigenvalue weighted by Gasteiger charge is -2.63. The molecule has 5 aliphatic carbocycles. The molecule has 5 aliphatic heterocycles. The summed E-state index contributed by atoms with van der Waals surface area (Å²) >= 11 is 0. The summed E-state index contributed by atoms with van der Waals surface area (Å²) in [5, 5.41) is 57.9. The number of ether oxygens (including phenoxy) is 3. The highest BCUT2D eigenvalue weighted by Gasteiger charge is 2.73. The molecule has 13 nitrogen and oxygen atoms in total. The molecule has 1 spiro atoms. The Kier molecular flexibility index (Phi) is 12.7. The van der Waals surface area contributed by atoms with E-state index < -0.39 is 12.1 Å². The number of fused-ring (bicyclic) bond motifs is 7. The number of carbonyl (C=O) groups is 2. The van der Waals surface area contributed by atoms with Gasteiger partial charge in [0.25, 0.3) is 0 Å². The van der Waals surface area contributed by atoms with Gasteiger partial charge in [0.2, 0.25) is 5.91 Å². The standard InChI is InChI=1S/C24H40O5.C23H26N2O4.2CH4O/c1-13(4-7-21(28)29)16-5-6-17-22-18(12-20(27)24(16,17)3)23(2)9-8-15(25)10-14(23)11-19(22)26;1-27-16-8-14-15(9-17(16)28-2)25-20(26)10-18-21-13-7-19-23(14,22(21)25)4-5-24(19)11-12(13)3-6-29-18;2*1-2/h13-20,22,25-27H,4-12H2,1-3H3,(H,28,29);3,8-9,13,18-19,21-22H,4-7,10-11H2,1-2H3;2*2H,1H3/t13-,14+,15-,16-,17+,18+,19-,20+,22+,23+,24-;13-,18-,19-,21-,22-,23+;;/m10../s1. The van der Waals surface area contributed by atoms with E-state index in [9.17, 15) is 30.0 Å². The Morgan fingerprint density at radius 2 is 1.69 bits per heavy atom. The van der Waals surface area contributed by atoms with Crippen LogP contribution in [0.3, 0.4) is 0 Å². The molecule has 10 aliphatic rings. The second-order valence-corrected chi connectivity index (χ2v) is 21.0. The normalized spacial score (nSPS) is 45.0. The van der Waals surface area contributed by atoms with E-state index in [2.05, 4.69) is 43.9 Å². The fourth-order valence-corrected chi connectivity index (χ4v) is 16.8. The van der Waals surface area contributed by atoms with Crippen molar-refractivity contribution in [1.29, 1.82) is 0 Å². The summed E-state index contributed by atoms with van der Waals surface area (Å²) < 4.78 is 17.6. The number of nitrogens with zero attached hydrogens (tertiary/aromatic N) is 1. The number of aliphatic hydroxyl groups excluding tert-OH is 5. The number of hydrogen-bond donors (Lipinski definition) is 6. The van der Waals surface area contributed by atoms with Crippen LogP contribution in [0.5, 0.6) is 11.5 Å². The molecule has 0 radical (unpaired) electrons. The molecular formula is C49H74N2O11. The first kappa shape index (κ1) is 45.8. The number of carboxylic acid groups (broad SMARTS) is 1. The molecule has 1 aromatic carbocycles. The number of aliphatic hydroxyl groups is 5. The highest BCUT2D eigenvalue weighted by molar-refractivity contribution is 5.99. The maximum Gasteiger partial charge on any atom is 0.229 e. The summed E-state index contributed by atoms with van der Waals surface area (Å²) in [7, 11) is 5.37. The second-order valence-electron chi connectivity index (χ2n) is 21.0. The number of quaternary nitrogens is 1. The molecular weight excluding hydrogens is 793 g/mol. The number of benzene rings is 1. The SMILES string of the molecule is CO.CO.COc1cc2c(cc1OC)[C@@]13CC[NH+]4CC5=CCO[C@H]6CC(=O)N2[C@H]1[C@H]6[C@H]5C[C@H]43.C[C@H](CCC(=O)[O-])[C@H]1CC[C@H]2[C@@H]3[C@H](O)C[C@@H]4C[C@H](O)CC[C@]4(C)[C@H]3C[C@H](O)[C@]12C. The molecule has 346 valence electrons. The smallest absolute Gasteiger partial charge is 0.229 e. The Morgan fingerprint density at radius 3 is 2.40 bits per heavy atom. The van der Waals surface area contributed by atoms with Gasteiger partial charge in [-0.2, -0.15) is 0 Å². The van der Waals surface area contributed by atoms with Crippen molar-refractivity contribution in [3.8, 4) is 11.5 Å². The van der Waals surface area contributed by atoms with E-state index >= 15 is 0 Å². The topological polar surface area (TPSA) is 194 Å². The number of anilines is 1. The van der Waals surface area contributed by atoms with Crippen LogP contribution in [0, 0.1) is 58.2 Å². The molecule has 2 bridgehead atoms. The molecule has 11 rings (SSSR count). The zero-order valence-electron chi connectivity index (χ0n) is 38.1. The first-order valence-electron chi connectivity index (χ1n) is 23.6. The molecule has 6 N–H and O–H groups in total. The van der Waals surface area contributed by atoms with E-state index in [1.54, 1.807) is 24.7 Å². The summed E-state index contributed by atoms with van der Waals surface area (Å²) in [6.45, 7) is 9.66. The van der Waals surface area contributed by atoms with Crippen LogP contribution in [-0.2, 0) is 19.7 Å². The van der Waals surface area contributed by atoms with Gasteiger partial charge in [-0.05, 0) is 127 Å². The van der Waals surface area contributed by atoms with Crippen molar-refractivity contribution in [3.63, 3.8) is 0 Å². The maximum absolute atomic E-state index is 13.5. The summed E-state index contributed by atoms with van der Waals surface area (Å²) in [4.78, 5) is 28.3. The Hall–Kier alpha value is -2.78. The van der Waals surface area contributed by atoms with E-state index in [0.29, 0.717) is 54.9 Å². The highest BCUT2D eigenvalue weighted by atomic mass is 16.5. The van der Waals surface area contributed by atoms with Crippen LogP contribution in [0.15, 0.2) is 23.8 Å². The van der Waals surface area contributed by atoms with E-state index in [0.717, 1.165) is 83.6 Å². The third-order valence-corrected chi connectivity index (χ3v) is 19.3. The maximum atomic E-state index is 13.5. The second kappa shape index (κ2) is 17.2. The van der Waals surface area contributed by atoms with E-state index in [4.69, 9.17) is 24.4 Å². The molecule has 62 heavy (non-hydrogen) atoms. The predicted molar refractivity (Wildman–Crippen MR) is 229 cm³/mol. The minimum absolute atomic E-state index is 0.0128. The van der Waals surface area contributed by atoms with Crippen LogP contribution >= 0.6 is 0 Å². The monoisotopic (exact) mass is 867 g/mol. The lowest BCUT2D eigenvalue weighted by molar-refractivity contribution is -0.916. The number of piperidine rings is 2. The molecule has 0 aromatic heterocycles. The van der Waals surface area contributed by atoms with Crippen LogP contribution in [-0.4, -0.2) is 122 Å². The molecule has 3 saturated heterocycles. The number of methoxy groups -OCH3 is 2. The van der Waals surface area contributed by atoms with Gasteiger partial charge in [0, 0.05) is 45.0 Å². The minimum atomic E-state index is -0.998. The van der Waals surface area contributed by atoms with Crippen LogP contribution in [0.2, 0.25) is 0 Å². The molecule has 1 aromatic rings. The van der Waals surface area contributed by atoms with Crippen molar-refractivity contribution >= 4 is 17.6 Å². The van der Waals surface area contributed by atoms with Gasteiger partial charge in [0.1, 0.15) is 6.04 Å². The van der Waals surface area contributed by atoms with E-state index in [-0.39, 0.29) is 76.6 Å². The highest BCUT2D eigenvalue weighted by Crippen LogP contribution is 2.69. The third kappa shape index (κ3) is 6.63. The van der Waals surface area contributed by atoms with Gasteiger partial charge < -0.3 is 59.4 Å². The number of carboxylic acids is 1. The fraction of sp³-hybridized carbons (Fsp3) is 0.796. The Labute approximate surface area is 367 Å². The molecule has 13 heteroatoms.